The first-order valence-electron chi connectivity index (χ1n) is 8.09. The van der Waals surface area contributed by atoms with E-state index in [-0.39, 0.29) is 0 Å². The number of benzene rings is 3. The van der Waals surface area contributed by atoms with Crippen LogP contribution in [0.5, 0.6) is 0 Å². The maximum Gasteiger partial charge on any atom is 0.168 e. The summed E-state index contributed by atoms with van der Waals surface area (Å²) in [6.07, 6.45) is 1.93. The Bertz CT molecular complexity index is 1020. The number of rotatable bonds is 4. The fourth-order valence-electron chi connectivity index (χ4n) is 2.98. The fourth-order valence-corrected chi connectivity index (χ4v) is 4.06. The largest absolute Gasteiger partial charge is 0.322 e. The van der Waals surface area contributed by atoms with Crippen molar-refractivity contribution in [2.45, 2.75) is 10.9 Å². The molecule has 3 aromatic carbocycles. The van der Waals surface area contributed by atoms with E-state index in [1.165, 1.54) is 16.3 Å². The first-order valence-corrected chi connectivity index (χ1v) is 9.46. The molecule has 0 saturated heterocycles. The Morgan fingerprint density at radius 1 is 0.960 bits per heavy atom. The summed E-state index contributed by atoms with van der Waals surface area (Å²) in [5, 5.41) is 4.35. The number of nitrogens with zero attached hydrogens (tertiary/aromatic N) is 2. The maximum absolute atomic E-state index is 5.98. The molecule has 2 nitrogen and oxygen atoms in total. The van der Waals surface area contributed by atoms with Gasteiger partial charge in [-0.3, -0.25) is 0 Å². The molecular weight excluding hydrogens is 348 g/mol. The molecule has 0 bridgehead atoms. The SMILES string of the molecule is Cn1c(-c2ccc(Cl)cc2)cnc1SCc1cccc2ccccc12. The van der Waals surface area contributed by atoms with Crippen LogP contribution in [0, 0.1) is 0 Å². The van der Waals surface area contributed by atoms with Crippen molar-refractivity contribution in [3.63, 3.8) is 0 Å². The Morgan fingerprint density at radius 2 is 1.72 bits per heavy atom. The minimum absolute atomic E-state index is 0.747. The number of aromatic nitrogens is 2. The van der Waals surface area contributed by atoms with Crippen LogP contribution < -0.4 is 0 Å². The number of imidazole rings is 1. The van der Waals surface area contributed by atoms with Crippen LogP contribution in [0.2, 0.25) is 5.02 Å². The van der Waals surface area contributed by atoms with Gasteiger partial charge in [-0.05, 0) is 34.0 Å². The molecule has 0 fully saturated rings. The van der Waals surface area contributed by atoms with E-state index in [9.17, 15) is 0 Å². The third-order valence-electron chi connectivity index (χ3n) is 4.32. The molecule has 124 valence electrons. The first-order chi connectivity index (χ1) is 12.2. The molecule has 1 aromatic heterocycles. The van der Waals surface area contributed by atoms with E-state index < -0.39 is 0 Å². The molecule has 0 aliphatic carbocycles. The smallest absolute Gasteiger partial charge is 0.168 e. The molecule has 0 radical (unpaired) electrons. The highest BCUT2D eigenvalue weighted by atomic mass is 35.5. The Labute approximate surface area is 156 Å². The van der Waals surface area contributed by atoms with Gasteiger partial charge in [-0.15, -0.1) is 0 Å². The molecule has 0 aliphatic heterocycles. The van der Waals surface area contributed by atoms with Crippen LogP contribution >= 0.6 is 23.4 Å². The highest BCUT2D eigenvalue weighted by molar-refractivity contribution is 7.98. The highest BCUT2D eigenvalue weighted by Gasteiger charge is 2.10. The van der Waals surface area contributed by atoms with Crippen LogP contribution in [-0.2, 0) is 12.8 Å². The maximum atomic E-state index is 5.98. The highest BCUT2D eigenvalue weighted by Crippen LogP contribution is 2.29. The fraction of sp³-hybridized carbons (Fsp3) is 0.0952. The zero-order valence-electron chi connectivity index (χ0n) is 13.8. The lowest BCUT2D eigenvalue weighted by molar-refractivity contribution is 0.796. The van der Waals surface area contributed by atoms with Gasteiger partial charge in [-0.2, -0.15) is 0 Å². The Balaban J connectivity index is 1.58. The van der Waals surface area contributed by atoms with Crippen molar-refractivity contribution >= 4 is 34.1 Å². The van der Waals surface area contributed by atoms with Crippen LogP contribution in [0.15, 0.2) is 78.1 Å². The number of hydrogen-bond donors (Lipinski definition) is 0. The van der Waals surface area contributed by atoms with Crippen LogP contribution in [0.3, 0.4) is 0 Å². The van der Waals surface area contributed by atoms with E-state index in [2.05, 4.69) is 59.1 Å². The Hall–Kier alpha value is -2.23. The van der Waals surface area contributed by atoms with Gasteiger partial charge >= 0.3 is 0 Å². The molecule has 4 rings (SSSR count). The van der Waals surface area contributed by atoms with Crippen LogP contribution in [-0.4, -0.2) is 9.55 Å². The van der Waals surface area contributed by atoms with Gasteiger partial charge in [0.1, 0.15) is 0 Å². The van der Waals surface area contributed by atoms with E-state index >= 15 is 0 Å². The summed E-state index contributed by atoms with van der Waals surface area (Å²) in [5.41, 5.74) is 3.55. The predicted octanol–water partition coefficient (Wildman–Crippen LogP) is 6.19. The quantitative estimate of drug-likeness (QED) is 0.402. The van der Waals surface area contributed by atoms with E-state index in [1.54, 1.807) is 11.8 Å². The second kappa shape index (κ2) is 6.95. The molecule has 25 heavy (non-hydrogen) atoms. The molecule has 1 heterocycles. The third-order valence-corrected chi connectivity index (χ3v) is 5.67. The lowest BCUT2D eigenvalue weighted by atomic mass is 10.1. The molecule has 0 aliphatic rings. The van der Waals surface area contributed by atoms with Crippen molar-refractivity contribution in [3.05, 3.63) is 83.5 Å². The first kappa shape index (κ1) is 16.2. The molecule has 0 saturated carbocycles. The lowest BCUT2D eigenvalue weighted by Gasteiger charge is -2.08. The average Bonchev–Trinajstić information content (AvgIpc) is 3.01. The topological polar surface area (TPSA) is 17.8 Å². The normalized spacial score (nSPS) is 11.1. The Kier molecular flexibility index (Phi) is 4.51. The molecular formula is C21H17ClN2S. The lowest BCUT2D eigenvalue weighted by Crippen LogP contribution is -1.94. The van der Waals surface area contributed by atoms with E-state index in [0.29, 0.717) is 0 Å². The van der Waals surface area contributed by atoms with Crippen LogP contribution in [0.4, 0.5) is 0 Å². The number of thioether (sulfide) groups is 1. The van der Waals surface area contributed by atoms with Crippen molar-refractivity contribution in [3.8, 4) is 11.3 Å². The molecule has 0 amide bonds. The van der Waals surface area contributed by atoms with Gasteiger partial charge < -0.3 is 4.57 Å². The third kappa shape index (κ3) is 3.30. The second-order valence-corrected chi connectivity index (χ2v) is 7.30. The summed E-state index contributed by atoms with van der Waals surface area (Å²) >= 11 is 7.74. The standard InChI is InChI=1S/C21H17ClN2S/c1-24-20(16-9-11-18(22)12-10-16)13-23-21(24)25-14-17-7-4-6-15-5-2-3-8-19(15)17/h2-13H,14H2,1H3. The number of halogens is 1. The monoisotopic (exact) mass is 364 g/mol. The number of fused-ring (bicyclic) bond motifs is 1. The molecule has 4 heteroatoms. The van der Waals surface area contributed by atoms with E-state index in [4.69, 9.17) is 11.6 Å². The second-order valence-electron chi connectivity index (χ2n) is 5.92. The number of hydrogen-bond acceptors (Lipinski definition) is 2. The summed E-state index contributed by atoms with van der Waals surface area (Å²) in [4.78, 5) is 4.60. The van der Waals surface area contributed by atoms with E-state index in [0.717, 1.165) is 27.2 Å². The van der Waals surface area contributed by atoms with Crippen LogP contribution in [0.1, 0.15) is 5.56 Å². The van der Waals surface area contributed by atoms with Gasteiger partial charge in [0.05, 0.1) is 11.9 Å². The minimum atomic E-state index is 0.747. The molecule has 0 atom stereocenters. The van der Waals surface area contributed by atoms with E-state index in [1.807, 2.05) is 30.5 Å². The van der Waals surface area contributed by atoms with Gasteiger partial charge in [0.15, 0.2) is 5.16 Å². The Morgan fingerprint density at radius 3 is 2.56 bits per heavy atom. The van der Waals surface area contributed by atoms with Crippen molar-refractivity contribution in [1.82, 2.24) is 9.55 Å². The van der Waals surface area contributed by atoms with Crippen molar-refractivity contribution < 1.29 is 0 Å². The predicted molar refractivity (Wildman–Crippen MR) is 107 cm³/mol. The summed E-state index contributed by atoms with van der Waals surface area (Å²) in [6.45, 7) is 0. The zero-order chi connectivity index (χ0) is 17.2. The summed E-state index contributed by atoms with van der Waals surface area (Å²) < 4.78 is 2.14. The van der Waals surface area contributed by atoms with Crippen molar-refractivity contribution in [1.29, 1.82) is 0 Å². The van der Waals surface area contributed by atoms with Crippen molar-refractivity contribution in [2.75, 3.05) is 0 Å². The summed E-state index contributed by atoms with van der Waals surface area (Å²) in [7, 11) is 2.06. The molecule has 4 aromatic rings. The molecule has 0 N–H and O–H groups in total. The van der Waals surface area contributed by atoms with Gasteiger partial charge in [0, 0.05) is 17.8 Å². The average molecular weight is 365 g/mol. The summed E-state index contributed by atoms with van der Waals surface area (Å²) in [5.74, 6) is 0.895. The molecule has 0 unspecified atom stereocenters. The van der Waals surface area contributed by atoms with Gasteiger partial charge in [0.25, 0.3) is 0 Å². The minimum Gasteiger partial charge on any atom is -0.322 e. The summed E-state index contributed by atoms with van der Waals surface area (Å²) in [6, 6.07) is 22.9. The van der Waals surface area contributed by atoms with Gasteiger partial charge in [0.2, 0.25) is 0 Å². The van der Waals surface area contributed by atoms with Gasteiger partial charge in [-0.25, -0.2) is 4.98 Å². The van der Waals surface area contributed by atoms with Crippen LogP contribution in [0.25, 0.3) is 22.0 Å². The van der Waals surface area contributed by atoms with Crippen molar-refractivity contribution in [2.24, 2.45) is 7.05 Å². The van der Waals surface area contributed by atoms with Gasteiger partial charge in [-0.1, -0.05) is 78.0 Å². The molecule has 0 spiro atoms. The zero-order valence-corrected chi connectivity index (χ0v) is 15.4.